The molecule has 0 aromatic heterocycles. The van der Waals surface area contributed by atoms with Crippen LogP contribution in [0, 0.1) is 0 Å². The smallest absolute Gasteiger partial charge is 0.130 e. The maximum atomic E-state index is 10.7. The summed E-state index contributed by atoms with van der Waals surface area (Å²) in [5, 5.41) is 40.2. The number of epoxide rings is 1. The van der Waals surface area contributed by atoms with Crippen LogP contribution in [0.5, 0.6) is 0 Å². The minimum atomic E-state index is -0.830. The molecule has 0 aromatic rings. The van der Waals surface area contributed by atoms with Crippen LogP contribution in [-0.4, -0.2) is 68.8 Å². The Labute approximate surface area is 148 Å². The number of allylic oxidation sites excluding steroid dienone is 1. The molecule has 2 fully saturated rings. The Morgan fingerprint density at radius 2 is 2.00 bits per heavy atom. The van der Waals surface area contributed by atoms with E-state index in [1.54, 1.807) is 6.92 Å². The highest BCUT2D eigenvalue weighted by Gasteiger charge is 2.72. The van der Waals surface area contributed by atoms with Gasteiger partial charge in [0, 0.05) is 6.42 Å². The summed E-state index contributed by atoms with van der Waals surface area (Å²) in [5.41, 5.74) is -0.181. The summed E-state index contributed by atoms with van der Waals surface area (Å²) in [6, 6.07) is 0. The third-order valence-corrected chi connectivity index (χ3v) is 5.70. The van der Waals surface area contributed by atoms with Gasteiger partial charge < -0.3 is 29.9 Å². The van der Waals surface area contributed by atoms with Gasteiger partial charge in [0.2, 0.25) is 0 Å². The van der Waals surface area contributed by atoms with E-state index in [-0.39, 0.29) is 12.7 Å². The molecule has 142 valence electrons. The number of rotatable bonds is 6. The minimum absolute atomic E-state index is 0.223. The average Bonchev–Trinajstić information content (AvgIpc) is 3.25. The van der Waals surface area contributed by atoms with Crippen molar-refractivity contribution in [3.63, 3.8) is 0 Å². The molecule has 0 bridgehead atoms. The molecule has 1 spiro atoms. The Morgan fingerprint density at radius 1 is 1.28 bits per heavy atom. The number of aliphatic hydroxyl groups is 4. The minimum Gasteiger partial charge on any atom is -0.393 e. The molecule has 6 heteroatoms. The molecule has 6 nitrogen and oxygen atoms in total. The summed E-state index contributed by atoms with van der Waals surface area (Å²) in [6.45, 7) is 5.20. The molecule has 0 aromatic carbocycles. The molecule has 6 atom stereocenters. The van der Waals surface area contributed by atoms with Crippen molar-refractivity contribution >= 4 is 0 Å². The molecule has 2 aliphatic heterocycles. The molecular formula is C19H30O6. The van der Waals surface area contributed by atoms with Gasteiger partial charge in [0.1, 0.15) is 23.9 Å². The van der Waals surface area contributed by atoms with Crippen LogP contribution in [0.1, 0.15) is 46.5 Å². The van der Waals surface area contributed by atoms with Crippen LogP contribution in [0.15, 0.2) is 23.3 Å². The lowest BCUT2D eigenvalue weighted by molar-refractivity contribution is -0.190. The van der Waals surface area contributed by atoms with E-state index < -0.39 is 35.6 Å². The second-order valence-electron chi connectivity index (χ2n) is 8.08. The lowest BCUT2D eigenvalue weighted by Gasteiger charge is -2.46. The number of unbranched alkanes of at least 4 members (excludes halogenated alkanes) is 1. The van der Waals surface area contributed by atoms with Gasteiger partial charge in [-0.15, -0.1) is 0 Å². The van der Waals surface area contributed by atoms with E-state index in [4.69, 9.17) is 9.47 Å². The van der Waals surface area contributed by atoms with E-state index >= 15 is 0 Å². The lowest BCUT2D eigenvalue weighted by Crippen LogP contribution is -2.59. The Morgan fingerprint density at radius 3 is 2.64 bits per heavy atom. The van der Waals surface area contributed by atoms with Crippen LogP contribution in [0.2, 0.25) is 0 Å². The number of ether oxygens (including phenoxy) is 2. The quantitative estimate of drug-likeness (QED) is 0.416. The van der Waals surface area contributed by atoms with E-state index in [0.717, 1.165) is 19.3 Å². The van der Waals surface area contributed by atoms with Crippen molar-refractivity contribution in [2.24, 2.45) is 0 Å². The third kappa shape index (κ3) is 3.31. The van der Waals surface area contributed by atoms with Gasteiger partial charge in [-0.1, -0.05) is 12.2 Å². The van der Waals surface area contributed by atoms with E-state index in [1.165, 1.54) is 0 Å². The van der Waals surface area contributed by atoms with Gasteiger partial charge in [-0.2, -0.15) is 0 Å². The number of hydrogen-bond acceptors (Lipinski definition) is 6. The predicted octanol–water partition coefficient (Wildman–Crippen LogP) is 0.823. The fraction of sp³-hybridized carbons (Fsp3) is 0.789. The van der Waals surface area contributed by atoms with Gasteiger partial charge >= 0.3 is 0 Å². The summed E-state index contributed by atoms with van der Waals surface area (Å²) < 4.78 is 11.9. The zero-order valence-corrected chi connectivity index (χ0v) is 15.2. The first-order valence-corrected chi connectivity index (χ1v) is 9.13. The standard InChI is InChI=1S/C19H30O6/c1-11(21)7-5-4-6-8-12-13(10-20)16-19(17(25-19)15(12)23)9-14(22)18(2,3)24-16/h6,8,11,14-17,20-23H,4-5,7,9-10H2,1-3H3/t11-,14+,15+,16+,17+,19-/m0/s1. The topological polar surface area (TPSA) is 103 Å². The van der Waals surface area contributed by atoms with Gasteiger partial charge in [-0.05, 0) is 51.2 Å². The Hall–Kier alpha value is -0.760. The normalized spacial score (nSPS) is 40.8. The second kappa shape index (κ2) is 6.76. The SMILES string of the molecule is C[C@H](O)CCCC=CC1=C(CO)[C@H]2OC(C)(C)[C@H](O)C[C@]23O[C@@H]3[C@@H]1O. The molecule has 25 heavy (non-hydrogen) atoms. The lowest BCUT2D eigenvalue weighted by atomic mass is 9.73. The highest BCUT2D eigenvalue weighted by atomic mass is 16.7. The molecule has 4 N–H and O–H groups in total. The Bertz CT molecular complexity index is 566. The Kier molecular flexibility index (Phi) is 5.14. The largest absolute Gasteiger partial charge is 0.393 e. The predicted molar refractivity (Wildman–Crippen MR) is 92.0 cm³/mol. The van der Waals surface area contributed by atoms with Crippen LogP contribution in [0.4, 0.5) is 0 Å². The zero-order valence-electron chi connectivity index (χ0n) is 15.2. The number of aliphatic hydroxyl groups excluding tert-OH is 4. The fourth-order valence-electron chi connectivity index (χ4n) is 4.04. The Balaban J connectivity index is 1.81. The maximum Gasteiger partial charge on any atom is 0.130 e. The van der Waals surface area contributed by atoms with E-state index in [1.807, 2.05) is 26.0 Å². The van der Waals surface area contributed by atoms with Crippen LogP contribution in [0.25, 0.3) is 0 Å². The second-order valence-corrected chi connectivity index (χ2v) is 8.08. The molecule has 0 amide bonds. The number of hydrogen-bond donors (Lipinski definition) is 4. The molecule has 0 unspecified atom stereocenters. The highest BCUT2D eigenvalue weighted by molar-refractivity contribution is 5.44. The van der Waals surface area contributed by atoms with Crippen molar-refractivity contribution in [3.05, 3.63) is 23.3 Å². The van der Waals surface area contributed by atoms with Crippen molar-refractivity contribution in [1.29, 1.82) is 0 Å². The van der Waals surface area contributed by atoms with Crippen molar-refractivity contribution in [3.8, 4) is 0 Å². The van der Waals surface area contributed by atoms with Crippen molar-refractivity contribution in [2.75, 3.05) is 6.61 Å². The summed E-state index contributed by atoms with van der Waals surface area (Å²) in [4.78, 5) is 0. The first-order valence-electron chi connectivity index (χ1n) is 9.13. The molecule has 3 aliphatic rings. The summed E-state index contributed by atoms with van der Waals surface area (Å²) >= 11 is 0. The first kappa shape index (κ1) is 19.0. The van der Waals surface area contributed by atoms with Crippen LogP contribution >= 0.6 is 0 Å². The van der Waals surface area contributed by atoms with Crippen molar-refractivity contribution < 1.29 is 29.9 Å². The average molecular weight is 354 g/mol. The van der Waals surface area contributed by atoms with Crippen molar-refractivity contribution in [1.82, 2.24) is 0 Å². The molecule has 2 heterocycles. The van der Waals surface area contributed by atoms with Gasteiger partial charge in [-0.25, -0.2) is 0 Å². The highest BCUT2D eigenvalue weighted by Crippen LogP contribution is 2.57. The van der Waals surface area contributed by atoms with E-state index in [0.29, 0.717) is 17.6 Å². The van der Waals surface area contributed by atoms with Gasteiger partial charge in [0.05, 0.1) is 24.4 Å². The van der Waals surface area contributed by atoms with Gasteiger partial charge in [0.25, 0.3) is 0 Å². The molecular weight excluding hydrogens is 324 g/mol. The maximum absolute atomic E-state index is 10.7. The van der Waals surface area contributed by atoms with Crippen LogP contribution in [-0.2, 0) is 9.47 Å². The summed E-state index contributed by atoms with van der Waals surface area (Å²) in [5.74, 6) is 0. The van der Waals surface area contributed by atoms with E-state index in [9.17, 15) is 20.4 Å². The molecule has 1 aliphatic carbocycles. The molecule has 2 saturated heterocycles. The summed E-state index contributed by atoms with van der Waals surface area (Å²) in [6.07, 6.45) is 3.86. The molecule has 3 rings (SSSR count). The van der Waals surface area contributed by atoms with Crippen LogP contribution in [0.3, 0.4) is 0 Å². The zero-order chi connectivity index (χ0) is 18.4. The first-order chi connectivity index (χ1) is 11.7. The van der Waals surface area contributed by atoms with Gasteiger partial charge in [0.15, 0.2) is 0 Å². The van der Waals surface area contributed by atoms with Gasteiger partial charge in [-0.3, -0.25) is 0 Å². The summed E-state index contributed by atoms with van der Waals surface area (Å²) in [7, 11) is 0. The van der Waals surface area contributed by atoms with E-state index in [2.05, 4.69) is 0 Å². The fourth-order valence-corrected chi connectivity index (χ4v) is 4.04. The molecule has 0 radical (unpaired) electrons. The van der Waals surface area contributed by atoms with Crippen molar-refractivity contribution in [2.45, 2.75) is 88.2 Å². The third-order valence-electron chi connectivity index (χ3n) is 5.70. The molecule has 0 saturated carbocycles. The van der Waals surface area contributed by atoms with Crippen LogP contribution < -0.4 is 0 Å². The monoisotopic (exact) mass is 354 g/mol.